The maximum Gasteiger partial charge on any atom is 0.322 e. The van der Waals surface area contributed by atoms with Gasteiger partial charge in [-0.05, 0) is 37.5 Å². The minimum Gasteiger partial charge on any atom is -0.344 e. The Morgan fingerprint density at radius 2 is 2.00 bits per heavy atom. The van der Waals surface area contributed by atoms with Crippen molar-refractivity contribution in [1.82, 2.24) is 14.9 Å². The number of nitrogens with zero attached hydrogens (tertiary/aromatic N) is 3. The third-order valence-electron chi connectivity index (χ3n) is 5.27. The molecule has 0 spiro atoms. The van der Waals surface area contributed by atoms with Gasteiger partial charge in [0.05, 0.1) is 24.2 Å². The fraction of sp³-hybridized carbons (Fsp3) is 0.261. The molecule has 29 heavy (non-hydrogen) atoms. The quantitative estimate of drug-likeness (QED) is 0.675. The van der Waals surface area contributed by atoms with Gasteiger partial charge in [0.1, 0.15) is 5.82 Å². The average Bonchev–Trinajstić information content (AvgIpc) is 3.37. The number of H-pyrrole nitrogens is 1. The second kappa shape index (κ2) is 8.19. The minimum atomic E-state index is -0.129. The van der Waals surface area contributed by atoms with Crippen molar-refractivity contribution in [2.75, 3.05) is 11.9 Å². The van der Waals surface area contributed by atoms with E-state index in [4.69, 9.17) is 10.2 Å². The molecule has 2 heterocycles. The first-order valence-electron chi connectivity index (χ1n) is 9.81. The molecule has 0 bridgehead atoms. The van der Waals surface area contributed by atoms with Crippen molar-refractivity contribution in [2.24, 2.45) is 0 Å². The molecule has 2 amide bonds. The molecule has 2 aromatic carbocycles. The van der Waals surface area contributed by atoms with E-state index in [1.165, 1.54) is 0 Å². The van der Waals surface area contributed by atoms with Crippen LogP contribution in [0, 0.1) is 18.3 Å². The summed E-state index contributed by atoms with van der Waals surface area (Å²) in [7, 11) is 0. The van der Waals surface area contributed by atoms with Gasteiger partial charge in [0.25, 0.3) is 0 Å². The van der Waals surface area contributed by atoms with E-state index in [-0.39, 0.29) is 12.1 Å². The van der Waals surface area contributed by atoms with Crippen LogP contribution in [0.1, 0.15) is 36.0 Å². The Labute approximate surface area is 170 Å². The Morgan fingerprint density at radius 1 is 1.24 bits per heavy atom. The van der Waals surface area contributed by atoms with Gasteiger partial charge in [-0.1, -0.05) is 42.5 Å². The third-order valence-corrected chi connectivity index (χ3v) is 5.27. The van der Waals surface area contributed by atoms with Crippen molar-refractivity contribution >= 4 is 11.7 Å². The smallest absolute Gasteiger partial charge is 0.322 e. The highest BCUT2D eigenvalue weighted by Gasteiger charge is 2.32. The second-order valence-electron chi connectivity index (χ2n) is 7.28. The standard InChI is InChI=1S/C23H23N5O/c1-16-21(18-6-3-2-4-7-18)27-22(25-16)20-8-5-15-28(20)23(29)26-19-11-9-17(10-12-19)13-14-24/h2-4,6-7,9-12,20H,5,8,13,15H2,1H3,(H,25,27)(H,26,29)/t20-/m1/s1. The number of aromatic nitrogens is 2. The molecular formula is C23H23N5O. The lowest BCUT2D eigenvalue weighted by Crippen LogP contribution is -2.34. The lowest BCUT2D eigenvalue weighted by atomic mass is 10.1. The number of nitriles is 1. The summed E-state index contributed by atoms with van der Waals surface area (Å²) in [6, 6.07) is 19.4. The van der Waals surface area contributed by atoms with Crippen LogP contribution < -0.4 is 5.32 Å². The Kier molecular flexibility index (Phi) is 5.30. The van der Waals surface area contributed by atoms with E-state index < -0.39 is 0 Å². The van der Waals surface area contributed by atoms with E-state index in [1.54, 1.807) is 0 Å². The van der Waals surface area contributed by atoms with Gasteiger partial charge in [-0.15, -0.1) is 0 Å². The predicted octanol–water partition coefficient (Wildman–Crippen LogP) is 4.82. The van der Waals surface area contributed by atoms with Crippen molar-refractivity contribution < 1.29 is 4.79 Å². The number of nitrogens with one attached hydrogen (secondary N) is 2. The molecule has 1 aromatic heterocycles. The van der Waals surface area contributed by atoms with E-state index in [1.807, 2.05) is 66.4 Å². The van der Waals surface area contributed by atoms with Crippen molar-refractivity contribution in [3.8, 4) is 17.3 Å². The normalized spacial score (nSPS) is 15.9. The molecule has 1 aliphatic heterocycles. The van der Waals surface area contributed by atoms with Crippen LogP contribution in [0.5, 0.6) is 0 Å². The molecule has 0 radical (unpaired) electrons. The van der Waals surface area contributed by atoms with Gasteiger partial charge in [-0.25, -0.2) is 9.78 Å². The number of carbonyl (C=O) groups excluding carboxylic acids is 1. The number of likely N-dealkylation sites (tertiary alicyclic amines) is 1. The molecular weight excluding hydrogens is 362 g/mol. The van der Waals surface area contributed by atoms with E-state index in [0.29, 0.717) is 13.0 Å². The van der Waals surface area contributed by atoms with Crippen LogP contribution in [0.15, 0.2) is 54.6 Å². The summed E-state index contributed by atoms with van der Waals surface area (Å²) < 4.78 is 0. The van der Waals surface area contributed by atoms with Crippen molar-refractivity contribution in [3.63, 3.8) is 0 Å². The maximum atomic E-state index is 12.9. The van der Waals surface area contributed by atoms with Crippen LogP contribution >= 0.6 is 0 Å². The zero-order valence-corrected chi connectivity index (χ0v) is 16.4. The average molecular weight is 385 g/mol. The summed E-state index contributed by atoms with van der Waals surface area (Å²) in [5.74, 6) is 0.832. The fourth-order valence-corrected chi connectivity index (χ4v) is 3.81. The molecule has 0 aliphatic carbocycles. The number of rotatable bonds is 4. The van der Waals surface area contributed by atoms with Crippen molar-refractivity contribution in [2.45, 2.75) is 32.2 Å². The van der Waals surface area contributed by atoms with Crippen molar-refractivity contribution in [1.29, 1.82) is 5.26 Å². The molecule has 1 aliphatic rings. The highest BCUT2D eigenvalue weighted by molar-refractivity contribution is 5.89. The molecule has 6 nitrogen and oxygen atoms in total. The van der Waals surface area contributed by atoms with Gasteiger partial charge in [0.15, 0.2) is 0 Å². The van der Waals surface area contributed by atoms with Crippen LogP contribution in [0.3, 0.4) is 0 Å². The van der Waals surface area contributed by atoms with Gasteiger partial charge in [-0.3, -0.25) is 0 Å². The highest BCUT2D eigenvalue weighted by Crippen LogP contribution is 2.33. The van der Waals surface area contributed by atoms with Crippen LogP contribution in [0.2, 0.25) is 0 Å². The Morgan fingerprint density at radius 3 is 2.72 bits per heavy atom. The summed E-state index contributed by atoms with van der Waals surface area (Å²) in [5, 5.41) is 11.7. The number of carbonyl (C=O) groups is 1. The van der Waals surface area contributed by atoms with E-state index >= 15 is 0 Å². The van der Waals surface area contributed by atoms with Gasteiger partial charge in [0.2, 0.25) is 0 Å². The Hall–Kier alpha value is -3.59. The van der Waals surface area contributed by atoms with Crippen LogP contribution in [0.4, 0.5) is 10.5 Å². The molecule has 1 fully saturated rings. The molecule has 2 N–H and O–H groups in total. The lowest BCUT2D eigenvalue weighted by Gasteiger charge is -2.23. The first kappa shape index (κ1) is 18.8. The lowest BCUT2D eigenvalue weighted by molar-refractivity contribution is 0.205. The topological polar surface area (TPSA) is 84.8 Å². The molecule has 4 rings (SSSR count). The molecule has 1 saturated heterocycles. The summed E-state index contributed by atoms with van der Waals surface area (Å²) in [4.78, 5) is 23.0. The van der Waals surface area contributed by atoms with Gasteiger partial charge < -0.3 is 15.2 Å². The van der Waals surface area contributed by atoms with Crippen LogP contribution in [0.25, 0.3) is 11.3 Å². The molecule has 0 saturated carbocycles. The molecule has 3 aromatic rings. The van der Waals surface area contributed by atoms with Crippen LogP contribution in [-0.2, 0) is 6.42 Å². The summed E-state index contributed by atoms with van der Waals surface area (Å²) in [6.07, 6.45) is 2.19. The Bertz CT molecular complexity index is 1030. The number of hydrogen-bond donors (Lipinski definition) is 2. The largest absolute Gasteiger partial charge is 0.344 e. The second-order valence-corrected chi connectivity index (χ2v) is 7.28. The third kappa shape index (κ3) is 3.99. The van der Waals surface area contributed by atoms with Gasteiger partial charge >= 0.3 is 6.03 Å². The Balaban J connectivity index is 1.50. The van der Waals surface area contributed by atoms with E-state index in [0.717, 1.165) is 46.9 Å². The number of aryl methyl sites for hydroxylation is 1. The van der Waals surface area contributed by atoms with E-state index in [9.17, 15) is 4.79 Å². The van der Waals surface area contributed by atoms with Crippen LogP contribution in [-0.4, -0.2) is 27.4 Å². The van der Waals surface area contributed by atoms with Gasteiger partial charge in [-0.2, -0.15) is 5.26 Å². The molecule has 0 unspecified atom stereocenters. The highest BCUT2D eigenvalue weighted by atomic mass is 16.2. The number of urea groups is 1. The van der Waals surface area contributed by atoms with Crippen molar-refractivity contribution in [3.05, 3.63) is 71.7 Å². The summed E-state index contributed by atoms with van der Waals surface area (Å²) in [6.45, 7) is 2.71. The first-order valence-corrected chi connectivity index (χ1v) is 9.81. The number of benzene rings is 2. The maximum absolute atomic E-state index is 12.9. The predicted molar refractivity (Wildman–Crippen MR) is 112 cm³/mol. The zero-order chi connectivity index (χ0) is 20.2. The number of imidazole rings is 1. The first-order chi connectivity index (χ1) is 14.2. The number of anilines is 1. The monoisotopic (exact) mass is 385 g/mol. The summed E-state index contributed by atoms with van der Waals surface area (Å²) in [5.41, 5.74) is 4.67. The fourth-order valence-electron chi connectivity index (χ4n) is 3.81. The number of hydrogen-bond acceptors (Lipinski definition) is 3. The SMILES string of the molecule is Cc1[nH]c([C@H]2CCCN2C(=O)Nc2ccc(CC#N)cc2)nc1-c1ccccc1. The minimum absolute atomic E-state index is 0.0657. The summed E-state index contributed by atoms with van der Waals surface area (Å²) >= 11 is 0. The molecule has 6 heteroatoms. The number of aromatic amines is 1. The molecule has 1 atom stereocenters. The van der Waals surface area contributed by atoms with E-state index in [2.05, 4.69) is 16.4 Å². The zero-order valence-electron chi connectivity index (χ0n) is 16.4. The van der Waals surface area contributed by atoms with Gasteiger partial charge in [0, 0.05) is 23.5 Å². The number of amides is 2. The molecule has 146 valence electrons.